The number of hydrogen-bond donors (Lipinski definition) is 1. The van der Waals surface area contributed by atoms with Gasteiger partial charge in [-0.2, -0.15) is 0 Å². The summed E-state index contributed by atoms with van der Waals surface area (Å²) in [5, 5.41) is 0.269. The van der Waals surface area contributed by atoms with Crippen LogP contribution in [0.2, 0.25) is 0 Å². The largest absolute Gasteiger partial charge is 0.313 e. The molecule has 0 saturated heterocycles. The van der Waals surface area contributed by atoms with Crippen molar-refractivity contribution in [2.45, 2.75) is 6.92 Å². The molecule has 0 aliphatic heterocycles. The van der Waals surface area contributed by atoms with E-state index in [2.05, 4.69) is 25.9 Å². The maximum Gasteiger partial charge on any atom is 0.258 e. The molecule has 0 aliphatic carbocycles. The first-order chi connectivity index (χ1) is 6.61. The fraction of sp³-hybridized carbons (Fsp3) is 0.111. The topological polar surface area (TPSA) is 45.8 Å². The van der Waals surface area contributed by atoms with E-state index in [1.807, 2.05) is 0 Å². The van der Waals surface area contributed by atoms with Crippen LogP contribution in [0.4, 0.5) is 4.39 Å². The maximum atomic E-state index is 13.6. The summed E-state index contributed by atoms with van der Waals surface area (Å²) < 4.78 is 13.9. The van der Waals surface area contributed by atoms with Gasteiger partial charge in [-0.1, -0.05) is 0 Å². The highest BCUT2D eigenvalue weighted by Gasteiger charge is 2.11. The van der Waals surface area contributed by atoms with Crippen molar-refractivity contribution in [3.63, 3.8) is 0 Å². The number of aromatic amines is 1. The number of nitrogens with zero attached hydrogens (tertiary/aromatic N) is 1. The minimum atomic E-state index is -0.494. The van der Waals surface area contributed by atoms with Crippen molar-refractivity contribution in [2.75, 3.05) is 0 Å². The number of benzene rings is 1. The number of fused-ring (bicyclic) bond motifs is 1. The maximum absolute atomic E-state index is 13.6. The van der Waals surface area contributed by atoms with Crippen molar-refractivity contribution in [3.05, 3.63) is 38.6 Å². The molecular weight excluding hydrogens is 251 g/mol. The first kappa shape index (κ1) is 9.33. The van der Waals surface area contributed by atoms with Crippen molar-refractivity contribution in [1.29, 1.82) is 0 Å². The highest BCUT2D eigenvalue weighted by molar-refractivity contribution is 9.10. The predicted molar refractivity (Wildman–Crippen MR) is 54.8 cm³/mol. The molecule has 2 aromatic rings. The van der Waals surface area contributed by atoms with E-state index in [1.54, 1.807) is 13.0 Å². The molecule has 0 spiro atoms. The van der Waals surface area contributed by atoms with Crippen LogP contribution in [0.3, 0.4) is 0 Å². The fourth-order valence-corrected chi connectivity index (χ4v) is 1.58. The van der Waals surface area contributed by atoms with E-state index in [4.69, 9.17) is 0 Å². The molecule has 0 atom stereocenters. The summed E-state index contributed by atoms with van der Waals surface area (Å²) in [6.07, 6.45) is 1.19. The lowest BCUT2D eigenvalue weighted by Gasteiger charge is -2.02. The minimum absolute atomic E-state index is 0.0891. The Balaban J connectivity index is 3.06. The monoisotopic (exact) mass is 256 g/mol. The lowest BCUT2D eigenvalue weighted by atomic mass is 10.1. The average Bonchev–Trinajstić information content (AvgIpc) is 2.17. The van der Waals surface area contributed by atoms with E-state index in [1.165, 1.54) is 6.33 Å². The van der Waals surface area contributed by atoms with Crippen LogP contribution in [-0.4, -0.2) is 9.97 Å². The Morgan fingerprint density at radius 3 is 3.00 bits per heavy atom. The van der Waals surface area contributed by atoms with Crippen LogP contribution in [-0.2, 0) is 0 Å². The Kier molecular flexibility index (Phi) is 2.11. The molecule has 0 fully saturated rings. The highest BCUT2D eigenvalue weighted by Crippen LogP contribution is 2.25. The van der Waals surface area contributed by atoms with Crippen molar-refractivity contribution in [3.8, 4) is 0 Å². The van der Waals surface area contributed by atoms with Gasteiger partial charge in [-0.25, -0.2) is 9.37 Å². The van der Waals surface area contributed by atoms with Gasteiger partial charge in [-0.3, -0.25) is 4.79 Å². The Bertz CT molecular complexity index is 564. The van der Waals surface area contributed by atoms with Crippen molar-refractivity contribution < 1.29 is 4.39 Å². The highest BCUT2D eigenvalue weighted by atomic mass is 79.9. The smallest absolute Gasteiger partial charge is 0.258 e. The molecule has 1 N–H and O–H groups in total. The second-order valence-electron chi connectivity index (χ2n) is 2.95. The number of nitrogens with one attached hydrogen (secondary N) is 1. The lowest BCUT2D eigenvalue weighted by molar-refractivity contribution is 0.628. The molecule has 0 saturated carbocycles. The Morgan fingerprint density at radius 1 is 1.57 bits per heavy atom. The predicted octanol–water partition coefficient (Wildman–Crippen LogP) is 2.13. The first-order valence-electron chi connectivity index (χ1n) is 3.93. The molecule has 0 aliphatic rings. The van der Waals surface area contributed by atoms with Gasteiger partial charge in [0.05, 0.1) is 16.2 Å². The van der Waals surface area contributed by atoms with Crippen LogP contribution >= 0.6 is 15.9 Å². The zero-order valence-corrected chi connectivity index (χ0v) is 8.85. The summed E-state index contributed by atoms with van der Waals surface area (Å²) in [5.41, 5.74) is 0.434. The van der Waals surface area contributed by atoms with Gasteiger partial charge in [0.25, 0.3) is 5.56 Å². The molecular formula is C9H6BrFN2O. The van der Waals surface area contributed by atoms with Gasteiger partial charge in [0.2, 0.25) is 0 Å². The summed E-state index contributed by atoms with van der Waals surface area (Å²) in [7, 11) is 0. The van der Waals surface area contributed by atoms with E-state index in [-0.39, 0.29) is 16.5 Å². The fourth-order valence-electron chi connectivity index (χ4n) is 1.28. The molecule has 1 aromatic heterocycles. The van der Waals surface area contributed by atoms with Crippen LogP contribution < -0.4 is 5.56 Å². The van der Waals surface area contributed by atoms with Crippen LogP contribution in [0, 0.1) is 12.7 Å². The first-order valence-corrected chi connectivity index (χ1v) is 4.72. The Labute approximate surface area is 87.1 Å². The lowest BCUT2D eigenvalue weighted by Crippen LogP contribution is -2.07. The van der Waals surface area contributed by atoms with Crippen molar-refractivity contribution in [1.82, 2.24) is 9.97 Å². The zero-order chi connectivity index (χ0) is 10.3. The summed E-state index contributed by atoms with van der Waals surface area (Å²) >= 11 is 3.10. The molecule has 1 heterocycles. The van der Waals surface area contributed by atoms with E-state index < -0.39 is 5.82 Å². The standard InChI is InChI=1S/C9H6BrFN2O/c1-4-2-5-8(7(11)6(4)10)12-3-13-9(5)14/h2-3H,1H3,(H,12,13,14). The third-order valence-corrected chi connectivity index (χ3v) is 2.97. The van der Waals surface area contributed by atoms with Gasteiger partial charge in [0.1, 0.15) is 5.52 Å². The van der Waals surface area contributed by atoms with Gasteiger partial charge in [-0.15, -0.1) is 0 Å². The molecule has 0 unspecified atom stereocenters. The molecule has 5 heteroatoms. The van der Waals surface area contributed by atoms with Gasteiger partial charge in [0.15, 0.2) is 5.82 Å². The van der Waals surface area contributed by atoms with E-state index in [0.717, 1.165) is 0 Å². The SMILES string of the molecule is Cc1cc2c(=O)[nH]cnc2c(F)c1Br. The van der Waals surface area contributed by atoms with Gasteiger partial charge >= 0.3 is 0 Å². The third kappa shape index (κ3) is 1.24. The van der Waals surface area contributed by atoms with E-state index >= 15 is 0 Å². The molecule has 1 aromatic carbocycles. The molecule has 14 heavy (non-hydrogen) atoms. The Morgan fingerprint density at radius 2 is 2.29 bits per heavy atom. The minimum Gasteiger partial charge on any atom is -0.313 e. The Hall–Kier alpha value is -1.23. The second kappa shape index (κ2) is 3.16. The molecule has 2 rings (SSSR count). The number of halogens is 2. The zero-order valence-electron chi connectivity index (χ0n) is 7.27. The number of rotatable bonds is 0. The van der Waals surface area contributed by atoms with Crippen LogP contribution in [0.5, 0.6) is 0 Å². The second-order valence-corrected chi connectivity index (χ2v) is 3.74. The van der Waals surface area contributed by atoms with Crippen LogP contribution in [0.15, 0.2) is 21.7 Å². The molecule has 0 bridgehead atoms. The van der Waals surface area contributed by atoms with Crippen LogP contribution in [0.25, 0.3) is 10.9 Å². The molecule has 72 valence electrons. The number of H-pyrrole nitrogens is 1. The normalized spacial score (nSPS) is 10.8. The summed E-state index contributed by atoms with van der Waals surface area (Å²) in [6.45, 7) is 1.72. The van der Waals surface area contributed by atoms with Crippen molar-refractivity contribution >= 4 is 26.8 Å². The summed E-state index contributed by atoms with van der Waals surface area (Å²) in [6, 6.07) is 1.61. The van der Waals surface area contributed by atoms with Crippen LogP contribution in [0.1, 0.15) is 5.56 Å². The van der Waals surface area contributed by atoms with Gasteiger partial charge in [-0.05, 0) is 34.5 Å². The summed E-state index contributed by atoms with van der Waals surface area (Å²) in [5.74, 6) is -0.494. The van der Waals surface area contributed by atoms with E-state index in [9.17, 15) is 9.18 Å². The number of aryl methyl sites for hydroxylation is 1. The number of aromatic nitrogens is 2. The summed E-state index contributed by atoms with van der Waals surface area (Å²) in [4.78, 5) is 17.5. The average molecular weight is 257 g/mol. The number of hydrogen-bond acceptors (Lipinski definition) is 2. The van der Waals surface area contributed by atoms with Gasteiger partial charge < -0.3 is 4.98 Å². The van der Waals surface area contributed by atoms with Crippen molar-refractivity contribution in [2.24, 2.45) is 0 Å². The molecule has 3 nitrogen and oxygen atoms in total. The molecule has 0 amide bonds. The van der Waals surface area contributed by atoms with E-state index in [0.29, 0.717) is 10.0 Å². The quantitative estimate of drug-likeness (QED) is 0.785. The molecule has 0 radical (unpaired) electrons. The van der Waals surface area contributed by atoms with Gasteiger partial charge in [0, 0.05) is 0 Å². The third-order valence-electron chi connectivity index (χ3n) is 2.00.